The molecule has 5 nitrogen and oxygen atoms in total. The second-order valence-electron chi connectivity index (χ2n) is 3.98. The summed E-state index contributed by atoms with van der Waals surface area (Å²) in [6, 6.07) is 0. The molecular formula is C12H19F3O5. The van der Waals surface area contributed by atoms with Crippen LogP contribution in [0.4, 0.5) is 13.2 Å². The van der Waals surface area contributed by atoms with E-state index in [4.69, 9.17) is 9.47 Å². The largest absolute Gasteiger partial charge is 0.465 e. The van der Waals surface area contributed by atoms with E-state index in [2.05, 4.69) is 4.74 Å². The minimum atomic E-state index is -4.54. The molecule has 0 rings (SSSR count). The summed E-state index contributed by atoms with van der Waals surface area (Å²) in [5, 5.41) is 0. The van der Waals surface area contributed by atoms with Gasteiger partial charge in [-0.25, -0.2) is 0 Å². The Morgan fingerprint density at radius 3 is 1.65 bits per heavy atom. The molecule has 0 aromatic heterocycles. The van der Waals surface area contributed by atoms with Crippen molar-refractivity contribution in [2.75, 3.05) is 26.4 Å². The molecule has 0 aromatic rings. The number of esters is 2. The lowest BCUT2D eigenvalue weighted by Crippen LogP contribution is -2.46. The Labute approximate surface area is 115 Å². The highest BCUT2D eigenvalue weighted by atomic mass is 19.4. The van der Waals surface area contributed by atoms with Crippen LogP contribution in [0.5, 0.6) is 0 Å². The molecule has 118 valence electrons. The Bertz CT molecular complexity index is 310. The van der Waals surface area contributed by atoms with Crippen LogP contribution in [0.2, 0.25) is 0 Å². The maximum Gasteiger partial charge on any atom is 0.411 e. The average Bonchev–Trinajstić information content (AvgIpc) is 2.34. The maximum atomic E-state index is 12.1. The van der Waals surface area contributed by atoms with Gasteiger partial charge in [-0.05, 0) is 20.3 Å². The van der Waals surface area contributed by atoms with Crippen LogP contribution in [-0.2, 0) is 23.8 Å². The van der Waals surface area contributed by atoms with Crippen molar-refractivity contribution in [3.05, 3.63) is 0 Å². The molecule has 0 radical (unpaired) electrons. The number of halogens is 3. The third kappa shape index (κ3) is 5.36. The van der Waals surface area contributed by atoms with Crippen LogP contribution in [0.3, 0.4) is 0 Å². The van der Waals surface area contributed by atoms with Crippen molar-refractivity contribution in [2.24, 2.45) is 5.41 Å². The zero-order valence-corrected chi connectivity index (χ0v) is 11.7. The summed E-state index contributed by atoms with van der Waals surface area (Å²) in [6.45, 7) is 2.25. The maximum absolute atomic E-state index is 12.1. The molecule has 20 heavy (non-hydrogen) atoms. The molecule has 0 saturated heterocycles. The lowest BCUT2D eigenvalue weighted by molar-refractivity contribution is -0.196. The van der Waals surface area contributed by atoms with E-state index in [-0.39, 0.29) is 19.6 Å². The SMILES string of the molecule is CCOC(=O)C(CC)(COCC(F)(F)F)C(=O)OCC. The normalized spacial score (nSPS) is 12.1. The number of ether oxygens (including phenoxy) is 3. The van der Waals surface area contributed by atoms with Gasteiger partial charge >= 0.3 is 18.1 Å². The summed E-state index contributed by atoms with van der Waals surface area (Å²) in [4.78, 5) is 23.8. The number of hydrogen-bond acceptors (Lipinski definition) is 5. The molecule has 0 fully saturated rings. The van der Waals surface area contributed by atoms with E-state index in [1.165, 1.54) is 20.8 Å². The molecule has 0 aliphatic heterocycles. The third-order valence-electron chi connectivity index (χ3n) is 2.55. The highest BCUT2D eigenvalue weighted by molar-refractivity contribution is 6.00. The van der Waals surface area contributed by atoms with Crippen LogP contribution in [0.25, 0.3) is 0 Å². The first kappa shape index (κ1) is 18.7. The topological polar surface area (TPSA) is 61.8 Å². The van der Waals surface area contributed by atoms with Crippen LogP contribution in [0.1, 0.15) is 27.2 Å². The molecule has 0 aliphatic carbocycles. The van der Waals surface area contributed by atoms with Crippen molar-refractivity contribution in [1.29, 1.82) is 0 Å². The summed E-state index contributed by atoms with van der Waals surface area (Å²) in [7, 11) is 0. The smallest absolute Gasteiger partial charge is 0.411 e. The van der Waals surface area contributed by atoms with Crippen molar-refractivity contribution in [3.63, 3.8) is 0 Å². The van der Waals surface area contributed by atoms with Gasteiger partial charge in [0.1, 0.15) is 6.61 Å². The second-order valence-corrected chi connectivity index (χ2v) is 3.98. The molecule has 0 heterocycles. The molecule has 0 bridgehead atoms. The Hall–Kier alpha value is -1.31. The van der Waals surface area contributed by atoms with Gasteiger partial charge in [-0.3, -0.25) is 9.59 Å². The third-order valence-corrected chi connectivity index (χ3v) is 2.55. The fraction of sp³-hybridized carbons (Fsp3) is 0.833. The molecule has 0 aromatic carbocycles. The molecule has 0 N–H and O–H groups in total. The van der Waals surface area contributed by atoms with Gasteiger partial charge in [0.05, 0.1) is 19.8 Å². The Morgan fingerprint density at radius 1 is 0.900 bits per heavy atom. The minimum Gasteiger partial charge on any atom is -0.465 e. The van der Waals surface area contributed by atoms with Crippen LogP contribution >= 0.6 is 0 Å². The van der Waals surface area contributed by atoms with E-state index in [0.29, 0.717) is 0 Å². The zero-order chi connectivity index (χ0) is 15.8. The van der Waals surface area contributed by atoms with E-state index in [1.807, 2.05) is 0 Å². The van der Waals surface area contributed by atoms with E-state index in [1.54, 1.807) is 0 Å². The van der Waals surface area contributed by atoms with Gasteiger partial charge < -0.3 is 14.2 Å². The predicted molar refractivity (Wildman–Crippen MR) is 62.9 cm³/mol. The van der Waals surface area contributed by atoms with E-state index >= 15 is 0 Å². The lowest BCUT2D eigenvalue weighted by atomic mass is 9.86. The van der Waals surface area contributed by atoms with Gasteiger partial charge in [-0.1, -0.05) is 6.92 Å². The summed E-state index contributed by atoms with van der Waals surface area (Å²) < 4.78 is 50.2. The Morgan fingerprint density at radius 2 is 1.35 bits per heavy atom. The van der Waals surface area contributed by atoms with Crippen molar-refractivity contribution in [3.8, 4) is 0 Å². The van der Waals surface area contributed by atoms with E-state index in [9.17, 15) is 22.8 Å². The molecule has 0 aliphatic rings. The Kier molecular flexibility index (Phi) is 7.55. The van der Waals surface area contributed by atoms with Gasteiger partial charge in [0.25, 0.3) is 0 Å². The number of carbonyl (C=O) groups is 2. The summed E-state index contributed by atoms with van der Waals surface area (Å²) in [6.07, 6.45) is -4.62. The molecule has 8 heteroatoms. The van der Waals surface area contributed by atoms with Gasteiger partial charge in [-0.2, -0.15) is 13.2 Å². The molecule has 0 atom stereocenters. The van der Waals surface area contributed by atoms with Crippen LogP contribution in [0, 0.1) is 5.41 Å². The van der Waals surface area contributed by atoms with Gasteiger partial charge in [-0.15, -0.1) is 0 Å². The first-order chi connectivity index (χ1) is 9.23. The first-order valence-electron chi connectivity index (χ1n) is 6.22. The standard InChI is InChI=1S/C12H19F3O5/c1-4-11(9(16)19-5-2,10(17)20-6-3)7-18-8-12(13,14)15/h4-8H2,1-3H3. The monoisotopic (exact) mass is 300 g/mol. The van der Waals surface area contributed by atoms with Gasteiger partial charge in [0, 0.05) is 0 Å². The molecule has 0 saturated carbocycles. The summed E-state index contributed by atoms with van der Waals surface area (Å²) >= 11 is 0. The quantitative estimate of drug-likeness (QED) is 0.507. The van der Waals surface area contributed by atoms with Gasteiger partial charge in [0.2, 0.25) is 0 Å². The second kappa shape index (κ2) is 8.08. The van der Waals surface area contributed by atoms with Crippen molar-refractivity contribution in [2.45, 2.75) is 33.4 Å². The predicted octanol–water partition coefficient (Wildman–Crippen LogP) is 2.09. The summed E-state index contributed by atoms with van der Waals surface area (Å²) in [5.74, 6) is -1.88. The van der Waals surface area contributed by atoms with Crippen LogP contribution in [0.15, 0.2) is 0 Å². The summed E-state index contributed by atoms with van der Waals surface area (Å²) in [5.41, 5.74) is -1.86. The highest BCUT2D eigenvalue weighted by Gasteiger charge is 2.48. The first-order valence-corrected chi connectivity index (χ1v) is 6.22. The van der Waals surface area contributed by atoms with Crippen LogP contribution in [-0.4, -0.2) is 44.5 Å². The van der Waals surface area contributed by atoms with Crippen molar-refractivity contribution >= 4 is 11.9 Å². The fourth-order valence-electron chi connectivity index (χ4n) is 1.47. The molecular weight excluding hydrogens is 281 g/mol. The minimum absolute atomic E-state index is 0.000735. The van der Waals surface area contributed by atoms with Crippen molar-refractivity contribution < 1.29 is 37.0 Å². The Balaban J connectivity index is 5.01. The van der Waals surface area contributed by atoms with E-state index < -0.39 is 36.7 Å². The lowest BCUT2D eigenvalue weighted by Gasteiger charge is -2.27. The van der Waals surface area contributed by atoms with Gasteiger partial charge in [0.15, 0.2) is 5.41 Å². The number of hydrogen-bond donors (Lipinski definition) is 0. The molecule has 0 unspecified atom stereocenters. The van der Waals surface area contributed by atoms with Crippen LogP contribution < -0.4 is 0 Å². The van der Waals surface area contributed by atoms with E-state index in [0.717, 1.165) is 0 Å². The van der Waals surface area contributed by atoms with Crippen molar-refractivity contribution in [1.82, 2.24) is 0 Å². The molecule has 0 spiro atoms. The number of carbonyl (C=O) groups excluding carboxylic acids is 2. The highest BCUT2D eigenvalue weighted by Crippen LogP contribution is 2.28. The molecule has 0 amide bonds. The number of alkyl halides is 3. The fourth-order valence-corrected chi connectivity index (χ4v) is 1.47. The number of rotatable bonds is 8. The average molecular weight is 300 g/mol. The zero-order valence-electron chi connectivity index (χ0n) is 11.7.